The standard InChI is InChI=1S/C18H26N4O2/c1-13(2)16(21-10-8-20(3)9-11-21)12-22-17(23)14-6-4-5-7-15(14)19-18(22)24/h4-7,13,16H,8-12H2,1-3H3,(H,19,24)/t16-/m0/s1. The van der Waals surface area contributed by atoms with Gasteiger partial charge in [-0.3, -0.25) is 14.3 Å². The quantitative estimate of drug-likeness (QED) is 0.907. The summed E-state index contributed by atoms with van der Waals surface area (Å²) < 4.78 is 1.37. The molecule has 0 amide bonds. The Kier molecular flexibility index (Phi) is 4.87. The van der Waals surface area contributed by atoms with E-state index in [2.05, 4.69) is 35.7 Å². The molecule has 130 valence electrons. The normalized spacial score (nSPS) is 18.3. The Morgan fingerprint density at radius 2 is 1.75 bits per heavy atom. The van der Waals surface area contributed by atoms with Crippen LogP contribution >= 0.6 is 0 Å². The molecule has 3 rings (SSSR count). The fourth-order valence-corrected chi connectivity index (χ4v) is 3.45. The summed E-state index contributed by atoms with van der Waals surface area (Å²) in [4.78, 5) is 32.7. The van der Waals surface area contributed by atoms with Crippen LogP contribution in [-0.2, 0) is 6.54 Å². The van der Waals surface area contributed by atoms with Crippen LogP contribution in [0.4, 0.5) is 0 Å². The number of likely N-dealkylation sites (N-methyl/N-ethyl adjacent to an activating group) is 1. The highest BCUT2D eigenvalue weighted by Gasteiger charge is 2.26. The molecule has 1 saturated heterocycles. The summed E-state index contributed by atoms with van der Waals surface area (Å²) in [6.45, 7) is 8.73. The van der Waals surface area contributed by atoms with Crippen molar-refractivity contribution in [2.24, 2.45) is 5.92 Å². The van der Waals surface area contributed by atoms with E-state index in [0.717, 1.165) is 26.2 Å². The van der Waals surface area contributed by atoms with Crippen molar-refractivity contribution >= 4 is 10.9 Å². The molecule has 2 heterocycles. The van der Waals surface area contributed by atoms with Crippen molar-refractivity contribution in [1.29, 1.82) is 0 Å². The Labute approximate surface area is 141 Å². The molecular formula is C18H26N4O2. The molecule has 1 aromatic carbocycles. The molecule has 1 fully saturated rings. The lowest BCUT2D eigenvalue weighted by atomic mass is 10.0. The molecular weight excluding hydrogens is 304 g/mol. The lowest BCUT2D eigenvalue weighted by Crippen LogP contribution is -2.53. The number of hydrogen-bond acceptors (Lipinski definition) is 4. The van der Waals surface area contributed by atoms with E-state index in [1.54, 1.807) is 12.1 Å². The lowest BCUT2D eigenvalue weighted by Gasteiger charge is -2.39. The SMILES string of the molecule is CC(C)[C@H](Cn1c(=O)[nH]c2ccccc2c1=O)N1CCN(C)CC1. The first-order valence-corrected chi connectivity index (χ1v) is 8.62. The fourth-order valence-electron chi connectivity index (χ4n) is 3.45. The zero-order valence-corrected chi connectivity index (χ0v) is 14.7. The molecule has 6 heteroatoms. The summed E-state index contributed by atoms with van der Waals surface area (Å²) in [5.41, 5.74) is 0.0806. The van der Waals surface area contributed by atoms with Gasteiger partial charge in [-0.05, 0) is 25.1 Å². The van der Waals surface area contributed by atoms with Gasteiger partial charge in [0.25, 0.3) is 5.56 Å². The number of hydrogen-bond donors (Lipinski definition) is 1. The molecule has 1 atom stereocenters. The van der Waals surface area contributed by atoms with Crippen molar-refractivity contribution in [2.75, 3.05) is 33.2 Å². The highest BCUT2D eigenvalue weighted by atomic mass is 16.2. The predicted molar refractivity (Wildman–Crippen MR) is 96.5 cm³/mol. The smallest absolute Gasteiger partial charge is 0.307 e. The Morgan fingerprint density at radius 1 is 1.08 bits per heavy atom. The van der Waals surface area contributed by atoms with E-state index in [4.69, 9.17) is 0 Å². The van der Waals surface area contributed by atoms with Crippen LogP contribution in [0.2, 0.25) is 0 Å². The van der Waals surface area contributed by atoms with Crippen molar-refractivity contribution in [1.82, 2.24) is 19.4 Å². The van der Waals surface area contributed by atoms with E-state index < -0.39 is 0 Å². The third kappa shape index (κ3) is 3.30. The number of para-hydroxylation sites is 1. The van der Waals surface area contributed by atoms with Gasteiger partial charge in [0.2, 0.25) is 0 Å². The van der Waals surface area contributed by atoms with Gasteiger partial charge in [-0.15, -0.1) is 0 Å². The summed E-state index contributed by atoms with van der Waals surface area (Å²) in [5, 5.41) is 0.568. The Hall–Kier alpha value is -1.92. The van der Waals surface area contributed by atoms with Crippen LogP contribution in [0.15, 0.2) is 33.9 Å². The molecule has 1 aliphatic rings. The monoisotopic (exact) mass is 330 g/mol. The first-order valence-electron chi connectivity index (χ1n) is 8.62. The topological polar surface area (TPSA) is 61.3 Å². The molecule has 1 aliphatic heterocycles. The van der Waals surface area contributed by atoms with Crippen LogP contribution in [0.3, 0.4) is 0 Å². The van der Waals surface area contributed by atoms with E-state index in [1.807, 2.05) is 12.1 Å². The minimum atomic E-state index is -0.321. The zero-order chi connectivity index (χ0) is 17.3. The first-order chi connectivity index (χ1) is 11.5. The van der Waals surface area contributed by atoms with Gasteiger partial charge in [0.15, 0.2) is 0 Å². The second-order valence-corrected chi connectivity index (χ2v) is 7.04. The number of benzene rings is 1. The van der Waals surface area contributed by atoms with Gasteiger partial charge in [0, 0.05) is 38.8 Å². The van der Waals surface area contributed by atoms with Gasteiger partial charge < -0.3 is 9.88 Å². The van der Waals surface area contributed by atoms with E-state index in [-0.39, 0.29) is 17.3 Å². The second-order valence-electron chi connectivity index (χ2n) is 7.04. The van der Waals surface area contributed by atoms with Crippen LogP contribution < -0.4 is 11.2 Å². The largest absolute Gasteiger partial charge is 0.328 e. The number of H-pyrrole nitrogens is 1. The fraction of sp³-hybridized carbons (Fsp3) is 0.556. The van der Waals surface area contributed by atoms with Gasteiger partial charge >= 0.3 is 5.69 Å². The minimum absolute atomic E-state index is 0.179. The summed E-state index contributed by atoms with van der Waals surface area (Å²) in [6, 6.07) is 7.36. The third-order valence-electron chi connectivity index (χ3n) is 5.04. The van der Waals surface area contributed by atoms with Gasteiger partial charge in [-0.1, -0.05) is 26.0 Å². The maximum Gasteiger partial charge on any atom is 0.328 e. The first kappa shape index (κ1) is 16.9. The molecule has 0 unspecified atom stereocenters. The molecule has 0 bridgehead atoms. The van der Waals surface area contributed by atoms with Gasteiger partial charge in [-0.2, -0.15) is 0 Å². The molecule has 1 aromatic heterocycles. The summed E-state index contributed by atoms with van der Waals surface area (Å²) in [5.74, 6) is 0.367. The number of fused-ring (bicyclic) bond motifs is 1. The third-order valence-corrected chi connectivity index (χ3v) is 5.04. The summed E-state index contributed by atoms with van der Waals surface area (Å²) in [6.07, 6.45) is 0. The number of rotatable bonds is 4. The van der Waals surface area contributed by atoms with Crippen molar-refractivity contribution in [3.8, 4) is 0 Å². The highest BCUT2D eigenvalue weighted by molar-refractivity contribution is 5.76. The molecule has 24 heavy (non-hydrogen) atoms. The van der Waals surface area contributed by atoms with E-state index in [0.29, 0.717) is 23.4 Å². The van der Waals surface area contributed by atoms with Gasteiger partial charge in [0.05, 0.1) is 10.9 Å². The van der Waals surface area contributed by atoms with Crippen molar-refractivity contribution in [3.63, 3.8) is 0 Å². The lowest BCUT2D eigenvalue weighted by molar-refractivity contribution is 0.0775. The predicted octanol–water partition coefficient (Wildman–Crippen LogP) is 0.962. The highest BCUT2D eigenvalue weighted by Crippen LogP contribution is 2.15. The average molecular weight is 330 g/mol. The number of piperazine rings is 1. The van der Waals surface area contributed by atoms with Crippen LogP contribution in [0.1, 0.15) is 13.8 Å². The molecule has 0 saturated carbocycles. The molecule has 0 radical (unpaired) electrons. The summed E-state index contributed by atoms with van der Waals surface area (Å²) in [7, 11) is 2.13. The van der Waals surface area contributed by atoms with Crippen molar-refractivity contribution in [3.05, 3.63) is 45.1 Å². The Morgan fingerprint density at radius 3 is 2.42 bits per heavy atom. The zero-order valence-electron chi connectivity index (χ0n) is 14.7. The van der Waals surface area contributed by atoms with E-state index >= 15 is 0 Å². The maximum atomic E-state index is 12.8. The average Bonchev–Trinajstić information content (AvgIpc) is 2.56. The van der Waals surface area contributed by atoms with E-state index in [1.165, 1.54) is 4.57 Å². The molecule has 6 nitrogen and oxygen atoms in total. The number of nitrogens with zero attached hydrogens (tertiary/aromatic N) is 3. The van der Waals surface area contributed by atoms with Crippen LogP contribution in [0.5, 0.6) is 0 Å². The van der Waals surface area contributed by atoms with Crippen molar-refractivity contribution in [2.45, 2.75) is 26.4 Å². The molecule has 0 aliphatic carbocycles. The Bertz CT molecular complexity index is 816. The minimum Gasteiger partial charge on any atom is -0.307 e. The number of aromatic amines is 1. The van der Waals surface area contributed by atoms with Crippen molar-refractivity contribution < 1.29 is 0 Å². The Balaban J connectivity index is 1.94. The molecule has 0 spiro atoms. The van der Waals surface area contributed by atoms with Crippen LogP contribution in [-0.4, -0.2) is 58.6 Å². The van der Waals surface area contributed by atoms with Gasteiger partial charge in [-0.25, -0.2) is 4.79 Å². The van der Waals surface area contributed by atoms with Crippen LogP contribution in [0, 0.1) is 5.92 Å². The van der Waals surface area contributed by atoms with Crippen LogP contribution in [0.25, 0.3) is 10.9 Å². The molecule has 2 aromatic rings. The summed E-state index contributed by atoms with van der Waals surface area (Å²) >= 11 is 0. The number of aromatic nitrogens is 2. The maximum absolute atomic E-state index is 12.8. The second kappa shape index (κ2) is 6.91. The molecule has 1 N–H and O–H groups in total. The van der Waals surface area contributed by atoms with E-state index in [9.17, 15) is 9.59 Å². The number of nitrogens with one attached hydrogen (secondary N) is 1. The van der Waals surface area contributed by atoms with Gasteiger partial charge in [0.1, 0.15) is 0 Å².